The molecule has 3 unspecified atom stereocenters. The van der Waals surface area contributed by atoms with Crippen LogP contribution in [0.2, 0.25) is 0 Å². The highest BCUT2D eigenvalue weighted by Crippen LogP contribution is 2.38. The third kappa shape index (κ3) is 65.2. The van der Waals surface area contributed by atoms with Crippen molar-refractivity contribution in [1.29, 1.82) is 0 Å². The SMILES string of the molecule is CC/C=C\C/C=C\C/C=C\C/C=C\C/C=C\C/C=C\CCCCCCC(=O)OC(/C=C/CCCCCCCCCCC)C(COP(=O)([O-])OCC[N+](C)(C)C)NC(=O)CCCCCCCCCCCCCCCCC/C=C/CCCCCCCC. The third-order valence-corrected chi connectivity index (χ3v) is 16.5. The maximum Gasteiger partial charge on any atom is 0.306 e. The first-order chi connectivity index (χ1) is 41.4. The molecule has 0 aromatic carbocycles. The van der Waals surface area contributed by atoms with Gasteiger partial charge in [-0.15, -0.1) is 0 Å². The Morgan fingerprint density at radius 1 is 0.424 bits per heavy atom. The minimum absolute atomic E-state index is 0.0299. The van der Waals surface area contributed by atoms with Crippen molar-refractivity contribution in [3.05, 3.63) is 97.2 Å². The number of phosphoric acid groups is 1. The van der Waals surface area contributed by atoms with E-state index in [1.54, 1.807) is 0 Å². The van der Waals surface area contributed by atoms with Gasteiger partial charge < -0.3 is 28.5 Å². The molecule has 1 amide bonds. The summed E-state index contributed by atoms with van der Waals surface area (Å²) >= 11 is 0. The lowest BCUT2D eigenvalue weighted by Gasteiger charge is -2.30. The van der Waals surface area contributed by atoms with E-state index in [2.05, 4.69) is 111 Å². The molecular weight excluding hydrogens is 1070 g/mol. The Morgan fingerprint density at radius 2 is 0.753 bits per heavy atom. The molecule has 0 spiro atoms. The van der Waals surface area contributed by atoms with Gasteiger partial charge in [-0.25, -0.2) is 0 Å². The summed E-state index contributed by atoms with van der Waals surface area (Å²) in [4.78, 5) is 40.2. The molecule has 0 radical (unpaired) electrons. The molecule has 0 rings (SSSR count). The number of rotatable bonds is 64. The van der Waals surface area contributed by atoms with Crippen LogP contribution in [0.4, 0.5) is 0 Å². The number of unbranched alkanes of at least 4 members (excludes halogenated alkanes) is 34. The van der Waals surface area contributed by atoms with Crippen molar-refractivity contribution in [3.8, 4) is 0 Å². The van der Waals surface area contributed by atoms with E-state index in [-0.39, 0.29) is 24.9 Å². The van der Waals surface area contributed by atoms with Crippen LogP contribution in [-0.4, -0.2) is 69.4 Å². The van der Waals surface area contributed by atoms with Crippen LogP contribution in [0.25, 0.3) is 0 Å². The number of esters is 1. The van der Waals surface area contributed by atoms with Gasteiger partial charge in [0.1, 0.15) is 19.3 Å². The van der Waals surface area contributed by atoms with Crippen molar-refractivity contribution in [1.82, 2.24) is 5.32 Å². The van der Waals surface area contributed by atoms with Crippen molar-refractivity contribution >= 4 is 19.7 Å². The minimum atomic E-state index is -4.71. The standard InChI is InChI=1S/C75H135N2O7P/c1-7-10-13-16-19-22-25-27-29-31-33-35-37-38-40-41-43-45-47-49-52-55-58-61-64-67-74(78)76-72(71-83-85(80,81)82-70-69-77(4,5)6)73(66-63-60-57-54-51-24-21-18-15-12-9-3)84-75(79)68-65-62-59-56-53-50-48-46-44-42-39-36-34-32-30-28-26-23-20-17-14-11-8-2/h11,14,20,23,27-30,34,36,42,44,48,50,63,66,72-73H,7-10,12-13,15-19,21-22,24-26,31-33,35,37-41,43,45-47,49,51-62,64-65,67-71H2,1-6H3,(H-,76,78,80,81)/b14-11-,23-20-,29-27+,30-28-,36-34-,44-42-,50-48-,66-63+. The third-order valence-electron chi connectivity index (χ3n) is 15.5. The lowest BCUT2D eigenvalue weighted by molar-refractivity contribution is -0.870. The first-order valence-electron chi connectivity index (χ1n) is 35.5. The quantitative estimate of drug-likeness (QED) is 0.0212. The smallest absolute Gasteiger partial charge is 0.306 e. The molecule has 0 aromatic rings. The molecule has 1 N–H and O–H groups in total. The van der Waals surface area contributed by atoms with Crippen LogP contribution in [0.3, 0.4) is 0 Å². The molecule has 0 heterocycles. The largest absolute Gasteiger partial charge is 0.756 e. The van der Waals surface area contributed by atoms with Crippen molar-refractivity contribution < 1.29 is 37.3 Å². The van der Waals surface area contributed by atoms with Crippen LogP contribution in [-0.2, 0) is 27.9 Å². The summed E-state index contributed by atoms with van der Waals surface area (Å²) in [6.45, 7) is 6.73. The van der Waals surface area contributed by atoms with Gasteiger partial charge in [-0.1, -0.05) is 292 Å². The fourth-order valence-electron chi connectivity index (χ4n) is 10.1. The zero-order valence-corrected chi connectivity index (χ0v) is 57.2. The fourth-order valence-corrected chi connectivity index (χ4v) is 10.8. The molecule has 85 heavy (non-hydrogen) atoms. The monoisotopic (exact) mass is 1210 g/mol. The molecule has 0 saturated heterocycles. The summed E-state index contributed by atoms with van der Waals surface area (Å²) < 4.78 is 30.4. The summed E-state index contributed by atoms with van der Waals surface area (Å²) in [7, 11) is 1.17. The van der Waals surface area contributed by atoms with E-state index in [9.17, 15) is 19.0 Å². The average molecular weight is 1210 g/mol. The molecule has 0 bridgehead atoms. The van der Waals surface area contributed by atoms with Gasteiger partial charge in [0.15, 0.2) is 0 Å². The number of carbonyl (C=O) groups is 2. The zero-order chi connectivity index (χ0) is 62.1. The summed E-state index contributed by atoms with van der Waals surface area (Å²) in [6.07, 6.45) is 86.8. The van der Waals surface area contributed by atoms with Crippen molar-refractivity contribution in [2.45, 2.75) is 328 Å². The van der Waals surface area contributed by atoms with Gasteiger partial charge in [-0.2, -0.15) is 0 Å². The molecule has 3 atom stereocenters. The van der Waals surface area contributed by atoms with Crippen LogP contribution in [0.1, 0.15) is 316 Å². The van der Waals surface area contributed by atoms with E-state index in [0.29, 0.717) is 23.9 Å². The van der Waals surface area contributed by atoms with E-state index in [0.717, 1.165) is 103 Å². The Morgan fingerprint density at radius 3 is 1.14 bits per heavy atom. The molecule has 0 aromatic heterocycles. The van der Waals surface area contributed by atoms with E-state index >= 15 is 0 Å². The Bertz CT molecular complexity index is 1780. The number of likely N-dealkylation sites (N-methyl/N-ethyl adjacent to an activating group) is 1. The van der Waals surface area contributed by atoms with E-state index in [1.165, 1.54) is 173 Å². The Balaban J connectivity index is 5.07. The number of allylic oxidation sites excluding steroid dienone is 15. The number of ether oxygens (including phenoxy) is 1. The number of quaternary nitrogens is 1. The van der Waals surface area contributed by atoms with Crippen molar-refractivity contribution in [2.24, 2.45) is 0 Å². The van der Waals surface area contributed by atoms with Gasteiger partial charge in [0.25, 0.3) is 7.82 Å². The molecule has 10 heteroatoms. The summed E-state index contributed by atoms with van der Waals surface area (Å²) in [5.41, 5.74) is 0. The fraction of sp³-hybridized carbons (Fsp3) is 0.760. The highest BCUT2D eigenvalue weighted by molar-refractivity contribution is 7.45. The predicted octanol–water partition coefficient (Wildman–Crippen LogP) is 22.0. The number of amides is 1. The van der Waals surface area contributed by atoms with E-state index in [1.807, 2.05) is 33.3 Å². The van der Waals surface area contributed by atoms with E-state index in [4.69, 9.17) is 13.8 Å². The van der Waals surface area contributed by atoms with Gasteiger partial charge in [-0.05, 0) is 109 Å². The molecule has 0 aliphatic heterocycles. The number of nitrogens with one attached hydrogen (secondary N) is 1. The number of nitrogens with zero attached hydrogens (tertiary/aromatic N) is 1. The topological polar surface area (TPSA) is 114 Å². The number of carbonyl (C=O) groups excluding carboxylic acids is 2. The van der Waals surface area contributed by atoms with Crippen LogP contribution in [0, 0.1) is 0 Å². The summed E-state index contributed by atoms with van der Waals surface area (Å²) in [5, 5.41) is 3.03. The van der Waals surface area contributed by atoms with Gasteiger partial charge in [0, 0.05) is 12.8 Å². The van der Waals surface area contributed by atoms with Gasteiger partial charge >= 0.3 is 5.97 Å². The summed E-state index contributed by atoms with van der Waals surface area (Å²) in [6, 6.07) is -0.904. The second kappa shape index (κ2) is 63.9. The van der Waals surface area contributed by atoms with Gasteiger partial charge in [0.2, 0.25) is 5.91 Å². The highest BCUT2D eigenvalue weighted by atomic mass is 31.2. The number of phosphoric ester groups is 1. The van der Waals surface area contributed by atoms with Gasteiger partial charge in [0.05, 0.1) is 33.8 Å². The molecule has 0 aliphatic rings. The molecule has 9 nitrogen and oxygen atoms in total. The Labute approximate surface area is 526 Å². The minimum Gasteiger partial charge on any atom is -0.756 e. The Hall–Kier alpha value is -3.07. The first kappa shape index (κ1) is 81.9. The highest BCUT2D eigenvalue weighted by Gasteiger charge is 2.27. The predicted molar refractivity (Wildman–Crippen MR) is 367 cm³/mol. The van der Waals surface area contributed by atoms with Crippen LogP contribution in [0.15, 0.2) is 97.2 Å². The second-order valence-electron chi connectivity index (χ2n) is 25.0. The van der Waals surface area contributed by atoms with Gasteiger partial charge in [-0.3, -0.25) is 14.2 Å². The average Bonchev–Trinajstić information content (AvgIpc) is 3.62. The second-order valence-corrected chi connectivity index (χ2v) is 26.4. The number of hydrogen-bond donors (Lipinski definition) is 1. The molecule has 0 fully saturated rings. The number of hydrogen-bond acceptors (Lipinski definition) is 7. The van der Waals surface area contributed by atoms with Crippen molar-refractivity contribution in [2.75, 3.05) is 40.9 Å². The molecule has 0 aliphatic carbocycles. The Kier molecular flexibility index (Phi) is 61.6. The lowest BCUT2D eigenvalue weighted by atomic mass is 10.0. The zero-order valence-electron chi connectivity index (χ0n) is 56.3. The maximum absolute atomic E-state index is 13.6. The normalized spacial score (nSPS) is 14.1. The maximum atomic E-state index is 13.6. The molecule has 492 valence electrons. The first-order valence-corrected chi connectivity index (χ1v) is 37.0. The van der Waals surface area contributed by atoms with Crippen LogP contribution in [0.5, 0.6) is 0 Å². The molecule has 0 saturated carbocycles. The van der Waals surface area contributed by atoms with Crippen LogP contribution >= 0.6 is 7.82 Å². The van der Waals surface area contributed by atoms with E-state index < -0.39 is 26.6 Å². The van der Waals surface area contributed by atoms with Crippen LogP contribution < -0.4 is 10.2 Å². The van der Waals surface area contributed by atoms with Crippen molar-refractivity contribution in [3.63, 3.8) is 0 Å². The lowest BCUT2D eigenvalue weighted by Crippen LogP contribution is -2.47. The molecular formula is C75H135N2O7P. The summed E-state index contributed by atoms with van der Waals surface area (Å²) in [5.74, 6) is -0.566.